The van der Waals surface area contributed by atoms with E-state index in [1.807, 2.05) is 30.3 Å². The number of carbonyl (C=O) groups is 2. The summed E-state index contributed by atoms with van der Waals surface area (Å²) in [4.78, 5) is 24.7. The number of carboxylic acids is 1. The molecule has 2 heterocycles. The van der Waals surface area contributed by atoms with E-state index in [2.05, 4.69) is 0 Å². The van der Waals surface area contributed by atoms with Crippen LogP contribution >= 0.6 is 11.8 Å². The maximum atomic E-state index is 11.4. The molecule has 1 saturated heterocycles. The Kier molecular flexibility index (Phi) is 2.22. The fraction of sp³-hybridized carbons (Fsp3) is 0.167. The molecule has 86 valence electrons. The van der Waals surface area contributed by atoms with Crippen LogP contribution < -0.4 is 0 Å². The standard InChI is InChI=1S/C12H9NO3S/c14-8-6-9-13(8)10(12(15)16)11(17-9)7-4-2-1-3-5-7/h1-5,9H,6H2,(H,15,16)/t9-/m0/s1. The molecule has 3 rings (SSSR count). The summed E-state index contributed by atoms with van der Waals surface area (Å²) in [7, 11) is 0. The van der Waals surface area contributed by atoms with Crippen molar-refractivity contribution in [2.24, 2.45) is 0 Å². The van der Waals surface area contributed by atoms with Crippen LogP contribution in [0.1, 0.15) is 12.0 Å². The molecule has 4 nitrogen and oxygen atoms in total. The van der Waals surface area contributed by atoms with Crippen molar-refractivity contribution >= 4 is 28.5 Å². The zero-order chi connectivity index (χ0) is 12.0. The van der Waals surface area contributed by atoms with Gasteiger partial charge in [0.15, 0.2) is 0 Å². The first-order chi connectivity index (χ1) is 8.18. The molecule has 1 aromatic rings. The second kappa shape index (κ2) is 3.63. The lowest BCUT2D eigenvalue weighted by atomic mass is 10.1. The van der Waals surface area contributed by atoms with Gasteiger partial charge in [0.2, 0.25) is 5.91 Å². The number of β-lactam (4-membered cyclic amide) rings is 1. The number of hydrogen-bond acceptors (Lipinski definition) is 3. The van der Waals surface area contributed by atoms with Crippen molar-refractivity contribution in [3.8, 4) is 0 Å². The van der Waals surface area contributed by atoms with Crippen molar-refractivity contribution in [1.29, 1.82) is 0 Å². The zero-order valence-corrected chi connectivity index (χ0v) is 9.61. The Morgan fingerprint density at radius 2 is 2.06 bits per heavy atom. The number of nitrogens with zero attached hydrogens (tertiary/aromatic N) is 1. The number of carboxylic acid groups (broad SMARTS) is 1. The topological polar surface area (TPSA) is 57.6 Å². The number of fused-ring (bicyclic) bond motifs is 1. The van der Waals surface area contributed by atoms with Crippen LogP contribution in [-0.2, 0) is 9.59 Å². The first kappa shape index (κ1) is 10.4. The highest BCUT2D eigenvalue weighted by Crippen LogP contribution is 2.50. The highest BCUT2D eigenvalue weighted by atomic mass is 32.2. The summed E-state index contributed by atoms with van der Waals surface area (Å²) >= 11 is 1.46. The number of benzene rings is 1. The fourth-order valence-corrected chi connectivity index (χ4v) is 3.44. The normalized spacial score (nSPS) is 22.5. The highest BCUT2D eigenvalue weighted by Gasteiger charge is 2.48. The molecule has 17 heavy (non-hydrogen) atoms. The number of aliphatic carboxylic acids is 1. The van der Waals surface area contributed by atoms with Crippen molar-refractivity contribution in [1.82, 2.24) is 4.90 Å². The fourth-order valence-electron chi connectivity index (χ4n) is 2.05. The lowest BCUT2D eigenvalue weighted by Crippen LogP contribution is -2.48. The minimum Gasteiger partial charge on any atom is -0.477 e. The van der Waals surface area contributed by atoms with Crippen molar-refractivity contribution < 1.29 is 14.7 Å². The predicted molar refractivity (Wildman–Crippen MR) is 63.8 cm³/mol. The van der Waals surface area contributed by atoms with Crippen LogP contribution in [0.3, 0.4) is 0 Å². The average Bonchev–Trinajstić information content (AvgIpc) is 2.63. The van der Waals surface area contributed by atoms with Gasteiger partial charge in [-0.05, 0) is 5.56 Å². The minimum atomic E-state index is -1.04. The van der Waals surface area contributed by atoms with E-state index in [1.54, 1.807) is 0 Å². The van der Waals surface area contributed by atoms with E-state index in [-0.39, 0.29) is 17.0 Å². The van der Waals surface area contributed by atoms with Crippen molar-refractivity contribution in [2.75, 3.05) is 0 Å². The monoisotopic (exact) mass is 247 g/mol. The largest absolute Gasteiger partial charge is 0.477 e. The Hall–Kier alpha value is -1.75. The number of rotatable bonds is 2. The van der Waals surface area contributed by atoms with Crippen LogP contribution in [0.2, 0.25) is 0 Å². The van der Waals surface area contributed by atoms with Gasteiger partial charge in [0.1, 0.15) is 5.70 Å². The van der Waals surface area contributed by atoms with E-state index in [0.717, 1.165) is 5.56 Å². The number of hydrogen-bond donors (Lipinski definition) is 1. The van der Waals surface area contributed by atoms with Crippen molar-refractivity contribution in [3.63, 3.8) is 0 Å². The van der Waals surface area contributed by atoms with Crippen LogP contribution in [0.15, 0.2) is 36.0 Å². The quantitative estimate of drug-likeness (QED) is 0.809. The van der Waals surface area contributed by atoms with Crippen LogP contribution in [-0.4, -0.2) is 27.3 Å². The molecule has 0 bridgehead atoms. The van der Waals surface area contributed by atoms with E-state index in [1.165, 1.54) is 16.7 Å². The summed E-state index contributed by atoms with van der Waals surface area (Å²) in [6.07, 6.45) is 0.428. The van der Waals surface area contributed by atoms with E-state index < -0.39 is 5.97 Å². The Labute approximate surface area is 102 Å². The molecule has 0 saturated carbocycles. The molecule has 1 amide bonds. The molecule has 0 aliphatic carbocycles. The molecule has 0 unspecified atom stereocenters. The van der Waals surface area contributed by atoms with Crippen molar-refractivity contribution in [2.45, 2.75) is 11.8 Å². The Balaban J connectivity index is 2.10. The van der Waals surface area contributed by atoms with Crippen LogP contribution in [0.5, 0.6) is 0 Å². The molecule has 0 radical (unpaired) electrons. The van der Waals surface area contributed by atoms with Gasteiger partial charge in [0.05, 0.1) is 11.8 Å². The molecule has 1 fully saturated rings. The SMILES string of the molecule is O=C(O)C1=C(c2ccccc2)S[C@H]2CC(=O)N12. The van der Waals surface area contributed by atoms with Gasteiger partial charge in [-0.1, -0.05) is 42.1 Å². The maximum absolute atomic E-state index is 11.4. The number of amides is 1. The van der Waals surface area contributed by atoms with Gasteiger partial charge in [-0.3, -0.25) is 9.69 Å². The molecular formula is C12H9NO3S. The Bertz CT molecular complexity index is 538. The summed E-state index contributed by atoms with van der Waals surface area (Å²) < 4.78 is 0. The van der Waals surface area contributed by atoms with Crippen molar-refractivity contribution in [3.05, 3.63) is 41.6 Å². The molecule has 0 spiro atoms. The third-order valence-corrected chi connectivity index (χ3v) is 4.17. The van der Waals surface area contributed by atoms with E-state index in [0.29, 0.717) is 11.3 Å². The van der Waals surface area contributed by atoms with Gasteiger partial charge in [-0.15, -0.1) is 0 Å². The Morgan fingerprint density at radius 3 is 2.65 bits per heavy atom. The van der Waals surface area contributed by atoms with Gasteiger partial charge < -0.3 is 5.11 Å². The summed E-state index contributed by atoms with van der Waals surface area (Å²) in [5.74, 6) is -1.14. The molecule has 0 aromatic heterocycles. The molecule has 2 aliphatic heterocycles. The summed E-state index contributed by atoms with van der Waals surface area (Å²) in [5.41, 5.74) is 0.986. The highest BCUT2D eigenvalue weighted by molar-refractivity contribution is 8.09. The minimum absolute atomic E-state index is 0.0243. The summed E-state index contributed by atoms with van der Waals surface area (Å²) in [6, 6.07) is 9.33. The van der Waals surface area contributed by atoms with E-state index >= 15 is 0 Å². The predicted octanol–water partition coefficient (Wildman–Crippen LogP) is 1.75. The lowest BCUT2D eigenvalue weighted by molar-refractivity contribution is -0.145. The smallest absolute Gasteiger partial charge is 0.353 e. The Morgan fingerprint density at radius 1 is 1.35 bits per heavy atom. The number of carbonyl (C=O) groups excluding carboxylic acids is 1. The van der Waals surface area contributed by atoms with Crippen LogP contribution in [0.4, 0.5) is 0 Å². The van der Waals surface area contributed by atoms with Gasteiger partial charge in [-0.2, -0.15) is 0 Å². The lowest BCUT2D eigenvalue weighted by Gasteiger charge is -2.33. The second-order valence-electron chi connectivity index (χ2n) is 3.89. The van der Waals surface area contributed by atoms with Gasteiger partial charge >= 0.3 is 5.97 Å². The summed E-state index contributed by atoms with van der Waals surface area (Å²) in [6.45, 7) is 0. The third kappa shape index (κ3) is 1.46. The van der Waals surface area contributed by atoms with E-state index in [9.17, 15) is 14.7 Å². The van der Waals surface area contributed by atoms with Gasteiger partial charge in [0, 0.05) is 4.91 Å². The maximum Gasteiger partial charge on any atom is 0.353 e. The zero-order valence-electron chi connectivity index (χ0n) is 8.79. The van der Waals surface area contributed by atoms with Gasteiger partial charge in [-0.25, -0.2) is 4.79 Å². The molecule has 1 atom stereocenters. The molecular weight excluding hydrogens is 238 g/mol. The first-order valence-corrected chi connectivity index (χ1v) is 6.08. The average molecular weight is 247 g/mol. The first-order valence-electron chi connectivity index (χ1n) is 5.20. The molecule has 5 heteroatoms. The second-order valence-corrected chi connectivity index (χ2v) is 5.08. The molecule has 2 aliphatic rings. The van der Waals surface area contributed by atoms with Gasteiger partial charge in [0.25, 0.3) is 0 Å². The van der Waals surface area contributed by atoms with E-state index in [4.69, 9.17) is 0 Å². The van der Waals surface area contributed by atoms with Crippen LogP contribution in [0, 0.1) is 0 Å². The third-order valence-electron chi connectivity index (χ3n) is 2.85. The number of thioether (sulfide) groups is 1. The summed E-state index contributed by atoms with van der Waals surface area (Å²) in [5, 5.41) is 9.20. The van der Waals surface area contributed by atoms with Crippen LogP contribution in [0.25, 0.3) is 4.91 Å². The molecule has 1 aromatic carbocycles. The molecule has 1 N–H and O–H groups in total.